The van der Waals surface area contributed by atoms with Crippen molar-refractivity contribution in [3.63, 3.8) is 0 Å². The van der Waals surface area contributed by atoms with Gasteiger partial charge in [-0.3, -0.25) is 9.78 Å². The molecule has 1 aromatic heterocycles. The van der Waals surface area contributed by atoms with E-state index in [2.05, 4.69) is 16.7 Å². The SMILES string of the molecule is C=NC(=O)c1ccncc1N. The van der Waals surface area contributed by atoms with Crippen LogP contribution in [0.5, 0.6) is 0 Å². The number of aliphatic imine (C=N–C) groups is 1. The number of nitrogens with zero attached hydrogens (tertiary/aromatic N) is 2. The molecule has 0 aliphatic heterocycles. The summed E-state index contributed by atoms with van der Waals surface area (Å²) in [6.07, 6.45) is 2.88. The molecule has 0 aliphatic carbocycles. The normalized spacial score (nSPS) is 9.09. The van der Waals surface area contributed by atoms with E-state index in [-0.39, 0.29) is 0 Å². The van der Waals surface area contributed by atoms with Crippen molar-refractivity contribution in [2.75, 3.05) is 5.73 Å². The standard InChI is InChI=1S/C7H7N3O/c1-9-7(11)5-2-3-10-4-6(5)8/h2-4H,1,8H2. The first-order valence-corrected chi connectivity index (χ1v) is 2.96. The summed E-state index contributed by atoms with van der Waals surface area (Å²) < 4.78 is 0. The first-order chi connectivity index (χ1) is 5.25. The molecular formula is C7H7N3O. The fourth-order valence-corrected chi connectivity index (χ4v) is 0.687. The Hall–Kier alpha value is -1.71. The second-order valence-corrected chi connectivity index (χ2v) is 1.93. The summed E-state index contributed by atoms with van der Waals surface area (Å²) in [7, 11) is 0. The molecule has 1 aromatic rings. The molecular weight excluding hydrogens is 142 g/mol. The van der Waals surface area contributed by atoms with E-state index in [0.717, 1.165) is 0 Å². The number of nitrogens with two attached hydrogens (primary N) is 1. The van der Waals surface area contributed by atoms with Gasteiger partial charge in [-0.05, 0) is 12.8 Å². The molecule has 11 heavy (non-hydrogen) atoms. The van der Waals surface area contributed by atoms with E-state index in [9.17, 15) is 4.79 Å². The molecule has 0 radical (unpaired) electrons. The summed E-state index contributed by atoms with van der Waals surface area (Å²) in [6.45, 7) is 3.10. The highest BCUT2D eigenvalue weighted by Gasteiger charge is 2.05. The Morgan fingerprint density at radius 1 is 1.73 bits per heavy atom. The molecule has 0 saturated carbocycles. The summed E-state index contributed by atoms with van der Waals surface area (Å²) in [6, 6.07) is 1.51. The Bertz CT molecular complexity index is 295. The fourth-order valence-electron chi connectivity index (χ4n) is 0.687. The van der Waals surface area contributed by atoms with Gasteiger partial charge in [-0.25, -0.2) is 4.99 Å². The molecule has 4 nitrogen and oxygen atoms in total. The summed E-state index contributed by atoms with van der Waals surface area (Å²) in [5, 5.41) is 0. The third-order valence-corrected chi connectivity index (χ3v) is 1.23. The van der Waals surface area contributed by atoms with Crippen LogP contribution < -0.4 is 5.73 Å². The zero-order valence-electron chi connectivity index (χ0n) is 5.82. The molecule has 0 saturated heterocycles. The minimum Gasteiger partial charge on any atom is -0.397 e. The number of anilines is 1. The van der Waals surface area contributed by atoms with Crippen LogP contribution in [0.3, 0.4) is 0 Å². The summed E-state index contributed by atoms with van der Waals surface area (Å²) in [4.78, 5) is 17.8. The van der Waals surface area contributed by atoms with Gasteiger partial charge in [-0.2, -0.15) is 0 Å². The lowest BCUT2D eigenvalue weighted by atomic mass is 10.2. The number of nitrogen functional groups attached to an aromatic ring is 1. The lowest BCUT2D eigenvalue weighted by molar-refractivity contribution is 0.100. The van der Waals surface area contributed by atoms with Gasteiger partial charge in [0.15, 0.2) is 0 Å². The average molecular weight is 149 g/mol. The van der Waals surface area contributed by atoms with E-state index < -0.39 is 5.91 Å². The second kappa shape index (κ2) is 2.92. The largest absolute Gasteiger partial charge is 0.397 e. The molecule has 1 heterocycles. The van der Waals surface area contributed by atoms with E-state index >= 15 is 0 Å². The number of pyridine rings is 1. The number of carbonyl (C=O) groups is 1. The number of aromatic nitrogens is 1. The van der Waals surface area contributed by atoms with Gasteiger partial charge in [0, 0.05) is 6.20 Å². The lowest BCUT2D eigenvalue weighted by Gasteiger charge is -1.97. The van der Waals surface area contributed by atoms with Crippen molar-refractivity contribution in [3.05, 3.63) is 24.0 Å². The maximum atomic E-state index is 10.9. The maximum Gasteiger partial charge on any atom is 0.278 e. The summed E-state index contributed by atoms with van der Waals surface area (Å²) >= 11 is 0. The van der Waals surface area contributed by atoms with Crippen LogP contribution in [0.1, 0.15) is 10.4 Å². The van der Waals surface area contributed by atoms with Crippen LogP contribution in [0.15, 0.2) is 23.5 Å². The van der Waals surface area contributed by atoms with Crippen molar-refractivity contribution in [1.29, 1.82) is 0 Å². The number of carbonyl (C=O) groups excluding carboxylic acids is 1. The zero-order valence-corrected chi connectivity index (χ0v) is 5.82. The molecule has 1 rings (SSSR count). The molecule has 1 amide bonds. The second-order valence-electron chi connectivity index (χ2n) is 1.93. The van der Waals surface area contributed by atoms with Crippen LogP contribution in [0.25, 0.3) is 0 Å². The van der Waals surface area contributed by atoms with Gasteiger partial charge < -0.3 is 5.73 Å². The molecule has 56 valence electrons. The number of hydrogen-bond acceptors (Lipinski definition) is 3. The van der Waals surface area contributed by atoms with Crippen molar-refractivity contribution >= 4 is 18.3 Å². The molecule has 0 atom stereocenters. The van der Waals surface area contributed by atoms with Gasteiger partial charge in [0.2, 0.25) is 0 Å². The summed E-state index contributed by atoms with van der Waals surface area (Å²) in [5.41, 5.74) is 6.09. The van der Waals surface area contributed by atoms with Crippen LogP contribution in [0, 0.1) is 0 Å². The van der Waals surface area contributed by atoms with Crippen molar-refractivity contribution in [2.24, 2.45) is 4.99 Å². The van der Waals surface area contributed by atoms with Crippen LogP contribution >= 0.6 is 0 Å². The predicted octanol–water partition coefficient (Wildman–Crippen LogP) is 0.505. The van der Waals surface area contributed by atoms with Crippen LogP contribution in [0.2, 0.25) is 0 Å². The first-order valence-electron chi connectivity index (χ1n) is 2.96. The Labute approximate surface area is 63.8 Å². The number of amides is 1. The van der Waals surface area contributed by atoms with E-state index in [1.807, 2.05) is 0 Å². The Morgan fingerprint density at radius 3 is 3.00 bits per heavy atom. The zero-order chi connectivity index (χ0) is 8.27. The Morgan fingerprint density at radius 2 is 2.45 bits per heavy atom. The van der Waals surface area contributed by atoms with E-state index in [1.54, 1.807) is 0 Å². The van der Waals surface area contributed by atoms with Crippen molar-refractivity contribution in [2.45, 2.75) is 0 Å². The molecule has 0 aliphatic rings. The first kappa shape index (κ1) is 7.40. The Balaban J connectivity index is 3.13. The molecule has 0 aromatic carbocycles. The molecule has 4 heteroatoms. The van der Waals surface area contributed by atoms with Crippen LogP contribution in [-0.4, -0.2) is 17.6 Å². The number of hydrogen-bond donors (Lipinski definition) is 1. The number of rotatable bonds is 1. The highest BCUT2D eigenvalue weighted by molar-refractivity contribution is 6.01. The van der Waals surface area contributed by atoms with Crippen LogP contribution in [0.4, 0.5) is 5.69 Å². The monoisotopic (exact) mass is 149 g/mol. The third-order valence-electron chi connectivity index (χ3n) is 1.23. The van der Waals surface area contributed by atoms with Crippen molar-refractivity contribution < 1.29 is 4.79 Å². The quantitative estimate of drug-likeness (QED) is 0.591. The van der Waals surface area contributed by atoms with Gasteiger partial charge in [-0.1, -0.05) is 0 Å². The highest BCUT2D eigenvalue weighted by Crippen LogP contribution is 2.08. The maximum absolute atomic E-state index is 10.9. The predicted molar refractivity (Wildman–Crippen MR) is 42.5 cm³/mol. The van der Waals surface area contributed by atoms with E-state index in [4.69, 9.17) is 5.73 Å². The minimum atomic E-state index is -0.426. The molecule has 0 spiro atoms. The van der Waals surface area contributed by atoms with Gasteiger partial charge in [0.05, 0.1) is 17.4 Å². The van der Waals surface area contributed by atoms with Crippen molar-refractivity contribution in [3.8, 4) is 0 Å². The average Bonchev–Trinajstić information content (AvgIpc) is 2.04. The van der Waals surface area contributed by atoms with Gasteiger partial charge in [0.1, 0.15) is 0 Å². The van der Waals surface area contributed by atoms with Gasteiger partial charge in [-0.15, -0.1) is 0 Å². The molecule has 0 unspecified atom stereocenters. The van der Waals surface area contributed by atoms with E-state index in [1.165, 1.54) is 18.5 Å². The third kappa shape index (κ3) is 1.40. The van der Waals surface area contributed by atoms with E-state index in [0.29, 0.717) is 11.3 Å². The minimum absolute atomic E-state index is 0.324. The van der Waals surface area contributed by atoms with Gasteiger partial charge >= 0.3 is 0 Å². The topological polar surface area (TPSA) is 68.3 Å². The Kier molecular flexibility index (Phi) is 1.96. The smallest absolute Gasteiger partial charge is 0.278 e. The van der Waals surface area contributed by atoms with Crippen LogP contribution in [-0.2, 0) is 0 Å². The van der Waals surface area contributed by atoms with Gasteiger partial charge in [0.25, 0.3) is 5.91 Å². The molecule has 2 N–H and O–H groups in total. The summed E-state index contributed by atoms with van der Waals surface area (Å²) in [5.74, 6) is -0.426. The molecule has 0 bridgehead atoms. The fraction of sp³-hybridized carbons (Fsp3) is 0. The highest BCUT2D eigenvalue weighted by atomic mass is 16.1. The lowest BCUT2D eigenvalue weighted by Crippen LogP contribution is -2.00. The molecule has 0 fully saturated rings. The van der Waals surface area contributed by atoms with Crippen molar-refractivity contribution in [1.82, 2.24) is 4.98 Å².